The molecule has 1 heterocycles. The highest BCUT2D eigenvalue weighted by Crippen LogP contribution is 2.42. The summed E-state index contributed by atoms with van der Waals surface area (Å²) in [5.74, 6) is -1.22. The van der Waals surface area contributed by atoms with Crippen LogP contribution in [0.2, 0.25) is 0 Å². The van der Waals surface area contributed by atoms with Gasteiger partial charge in [-0.3, -0.25) is 4.79 Å². The van der Waals surface area contributed by atoms with Crippen LogP contribution in [-0.2, 0) is 45.1 Å². The van der Waals surface area contributed by atoms with Crippen molar-refractivity contribution < 1.29 is 23.9 Å². The van der Waals surface area contributed by atoms with Gasteiger partial charge in [-0.05, 0) is 28.7 Å². The highest BCUT2D eigenvalue weighted by atomic mass is 16.5. The number of rotatable bonds is 12. The van der Waals surface area contributed by atoms with Gasteiger partial charge < -0.3 is 19.7 Å². The number of alkyl carbamates (subject to hydrolysis) is 1. The second kappa shape index (κ2) is 13.8. The summed E-state index contributed by atoms with van der Waals surface area (Å²) in [6, 6.07) is 37.7. The van der Waals surface area contributed by atoms with E-state index >= 15 is 0 Å². The fourth-order valence-electron chi connectivity index (χ4n) is 5.63. The molecule has 3 atom stereocenters. The standard InChI is InChI=1S/C36H36N2O5/c1-27-33(39)38(36(27,23-29-16-8-3-9-17-29)34(40)42-25-30-18-10-4-11-19-30)24-32(22-28-14-6-2-7-15-28)37-35(41)43-26-31-20-12-5-13-21-31/h2-21,27,32H,22-26H2,1H3,(H,37,41)/t27-,32-,36+/m1/s1. The van der Waals surface area contributed by atoms with Gasteiger partial charge in [-0.25, -0.2) is 9.59 Å². The van der Waals surface area contributed by atoms with Gasteiger partial charge in [0.1, 0.15) is 13.2 Å². The number of nitrogens with zero attached hydrogens (tertiary/aromatic N) is 1. The Morgan fingerprint density at radius 2 is 1.19 bits per heavy atom. The predicted molar refractivity (Wildman–Crippen MR) is 164 cm³/mol. The molecule has 1 aliphatic heterocycles. The largest absolute Gasteiger partial charge is 0.459 e. The fraction of sp³-hybridized carbons (Fsp3) is 0.250. The van der Waals surface area contributed by atoms with E-state index in [1.165, 1.54) is 0 Å². The summed E-state index contributed by atoms with van der Waals surface area (Å²) in [5, 5.41) is 2.96. The summed E-state index contributed by atoms with van der Waals surface area (Å²) in [6.45, 7) is 2.11. The third-order valence-corrected chi connectivity index (χ3v) is 7.98. The minimum absolute atomic E-state index is 0.0997. The lowest BCUT2D eigenvalue weighted by Crippen LogP contribution is -2.76. The first kappa shape index (κ1) is 29.6. The molecule has 2 amide bonds. The van der Waals surface area contributed by atoms with E-state index in [0.29, 0.717) is 12.8 Å². The molecule has 4 aromatic rings. The van der Waals surface area contributed by atoms with Crippen LogP contribution in [0.15, 0.2) is 121 Å². The van der Waals surface area contributed by atoms with Crippen LogP contribution in [0.3, 0.4) is 0 Å². The molecule has 7 nitrogen and oxygen atoms in total. The van der Waals surface area contributed by atoms with Crippen molar-refractivity contribution in [2.24, 2.45) is 5.92 Å². The summed E-state index contributed by atoms with van der Waals surface area (Å²) in [6.07, 6.45) is 0.149. The van der Waals surface area contributed by atoms with Crippen molar-refractivity contribution in [3.05, 3.63) is 144 Å². The van der Waals surface area contributed by atoms with Crippen LogP contribution in [0.25, 0.3) is 0 Å². The molecule has 0 saturated carbocycles. The Balaban J connectivity index is 1.39. The zero-order valence-electron chi connectivity index (χ0n) is 24.2. The zero-order valence-corrected chi connectivity index (χ0v) is 24.2. The zero-order chi connectivity index (χ0) is 30.1. The summed E-state index contributed by atoms with van der Waals surface area (Å²) in [5.41, 5.74) is 2.40. The van der Waals surface area contributed by atoms with Crippen molar-refractivity contribution in [3.8, 4) is 0 Å². The molecule has 5 rings (SSSR count). The molecule has 7 heteroatoms. The Morgan fingerprint density at radius 1 is 0.721 bits per heavy atom. The van der Waals surface area contributed by atoms with Crippen LogP contribution in [0.4, 0.5) is 4.79 Å². The van der Waals surface area contributed by atoms with Crippen LogP contribution in [-0.4, -0.2) is 41.0 Å². The van der Waals surface area contributed by atoms with E-state index < -0.39 is 29.6 Å². The van der Waals surface area contributed by atoms with Gasteiger partial charge in [0.25, 0.3) is 0 Å². The highest BCUT2D eigenvalue weighted by Gasteiger charge is 2.63. The van der Waals surface area contributed by atoms with E-state index in [0.717, 1.165) is 22.3 Å². The molecule has 1 saturated heterocycles. The fourth-order valence-corrected chi connectivity index (χ4v) is 5.63. The summed E-state index contributed by atoms with van der Waals surface area (Å²) in [4.78, 5) is 42.0. The number of ether oxygens (including phenoxy) is 2. The smallest absolute Gasteiger partial charge is 0.407 e. The molecular formula is C36H36N2O5. The first-order chi connectivity index (χ1) is 21.0. The van der Waals surface area contributed by atoms with Gasteiger partial charge in [-0.1, -0.05) is 128 Å². The van der Waals surface area contributed by atoms with Gasteiger partial charge in [0.05, 0.1) is 12.0 Å². The number of nitrogens with one attached hydrogen (secondary N) is 1. The van der Waals surface area contributed by atoms with Crippen molar-refractivity contribution in [2.75, 3.05) is 6.54 Å². The molecule has 0 radical (unpaired) electrons. The highest BCUT2D eigenvalue weighted by molar-refractivity contribution is 6.01. The maximum Gasteiger partial charge on any atom is 0.407 e. The molecule has 1 fully saturated rings. The minimum Gasteiger partial charge on any atom is -0.459 e. The molecular weight excluding hydrogens is 540 g/mol. The maximum absolute atomic E-state index is 14.0. The molecule has 0 bridgehead atoms. The lowest BCUT2D eigenvalue weighted by molar-refractivity contribution is -0.191. The van der Waals surface area contributed by atoms with E-state index in [-0.39, 0.29) is 25.7 Å². The van der Waals surface area contributed by atoms with Gasteiger partial charge >= 0.3 is 12.1 Å². The third-order valence-electron chi connectivity index (χ3n) is 7.98. The number of esters is 1. The number of β-lactam (4-membered cyclic amide) rings is 1. The quantitative estimate of drug-likeness (QED) is 0.172. The molecule has 43 heavy (non-hydrogen) atoms. The van der Waals surface area contributed by atoms with Crippen molar-refractivity contribution in [1.82, 2.24) is 10.2 Å². The predicted octanol–water partition coefficient (Wildman–Crippen LogP) is 5.73. The van der Waals surface area contributed by atoms with Crippen LogP contribution >= 0.6 is 0 Å². The van der Waals surface area contributed by atoms with E-state index in [1.54, 1.807) is 11.8 Å². The van der Waals surface area contributed by atoms with E-state index in [2.05, 4.69) is 5.32 Å². The van der Waals surface area contributed by atoms with Crippen molar-refractivity contribution in [1.29, 1.82) is 0 Å². The number of carbonyl (C=O) groups excluding carboxylic acids is 3. The maximum atomic E-state index is 14.0. The summed E-state index contributed by atoms with van der Waals surface area (Å²) in [7, 11) is 0. The number of hydrogen-bond acceptors (Lipinski definition) is 5. The normalized spacial score (nSPS) is 18.3. The van der Waals surface area contributed by atoms with Gasteiger partial charge in [-0.15, -0.1) is 0 Å². The first-order valence-electron chi connectivity index (χ1n) is 14.5. The Kier molecular flexibility index (Phi) is 9.52. The number of likely N-dealkylation sites (tertiary alicyclic amines) is 1. The van der Waals surface area contributed by atoms with Crippen molar-refractivity contribution >= 4 is 18.0 Å². The average Bonchev–Trinajstić information content (AvgIpc) is 3.05. The van der Waals surface area contributed by atoms with Crippen LogP contribution in [0, 0.1) is 5.92 Å². The second-order valence-electron chi connectivity index (χ2n) is 10.9. The third kappa shape index (κ3) is 7.12. The van der Waals surface area contributed by atoms with Crippen molar-refractivity contribution in [2.45, 2.75) is 44.6 Å². The van der Waals surface area contributed by atoms with Crippen LogP contribution < -0.4 is 5.32 Å². The summed E-state index contributed by atoms with van der Waals surface area (Å²) >= 11 is 0. The summed E-state index contributed by atoms with van der Waals surface area (Å²) < 4.78 is 11.4. The molecule has 1 N–H and O–H groups in total. The molecule has 1 aliphatic rings. The number of carbonyl (C=O) groups is 3. The van der Waals surface area contributed by atoms with Crippen LogP contribution in [0.5, 0.6) is 0 Å². The number of benzene rings is 4. The van der Waals surface area contributed by atoms with E-state index in [9.17, 15) is 14.4 Å². The Bertz CT molecular complexity index is 1500. The second-order valence-corrected chi connectivity index (χ2v) is 10.9. The molecule has 0 aliphatic carbocycles. The Labute approximate surface area is 252 Å². The van der Waals surface area contributed by atoms with Gasteiger partial charge in [-0.2, -0.15) is 0 Å². The number of amides is 2. The lowest BCUT2D eigenvalue weighted by Gasteiger charge is -2.55. The van der Waals surface area contributed by atoms with Gasteiger partial charge in [0, 0.05) is 13.0 Å². The van der Waals surface area contributed by atoms with Crippen molar-refractivity contribution in [3.63, 3.8) is 0 Å². The number of hydrogen-bond donors (Lipinski definition) is 1. The molecule has 4 aromatic carbocycles. The Hall–Kier alpha value is -4.91. The SMILES string of the molecule is C[C@@H]1C(=O)N(C[C@@H](Cc2ccccc2)NC(=O)OCc2ccccc2)[C@]1(Cc1ccccc1)C(=O)OCc1ccccc1. The molecule has 0 spiro atoms. The average molecular weight is 577 g/mol. The topological polar surface area (TPSA) is 84.9 Å². The van der Waals surface area contributed by atoms with Gasteiger partial charge in [0.2, 0.25) is 5.91 Å². The minimum atomic E-state index is -1.22. The molecule has 0 unspecified atom stereocenters. The lowest BCUT2D eigenvalue weighted by atomic mass is 9.69. The molecule has 0 aromatic heterocycles. The molecule has 220 valence electrons. The monoisotopic (exact) mass is 576 g/mol. The first-order valence-corrected chi connectivity index (χ1v) is 14.5. The van der Waals surface area contributed by atoms with E-state index in [1.807, 2.05) is 121 Å². The van der Waals surface area contributed by atoms with Crippen LogP contribution in [0.1, 0.15) is 29.2 Å². The van der Waals surface area contributed by atoms with E-state index in [4.69, 9.17) is 9.47 Å². The Morgan fingerprint density at radius 3 is 1.72 bits per heavy atom. The van der Waals surface area contributed by atoms with Gasteiger partial charge in [0.15, 0.2) is 5.54 Å².